The van der Waals surface area contributed by atoms with Crippen molar-refractivity contribution in [3.8, 4) is 11.5 Å². The molecule has 0 radical (unpaired) electrons. The molecule has 0 spiro atoms. The Morgan fingerprint density at radius 3 is 2.67 bits per heavy atom. The highest BCUT2D eigenvalue weighted by Crippen LogP contribution is 2.42. The van der Waals surface area contributed by atoms with Gasteiger partial charge in [-0.3, -0.25) is 0 Å². The van der Waals surface area contributed by atoms with Gasteiger partial charge >= 0.3 is 5.97 Å². The Hall–Kier alpha value is -2.95. The van der Waals surface area contributed by atoms with Crippen LogP contribution in [0.15, 0.2) is 48.2 Å². The lowest BCUT2D eigenvalue weighted by Gasteiger charge is -2.30. The van der Waals surface area contributed by atoms with E-state index in [9.17, 15) is 9.90 Å². The summed E-state index contributed by atoms with van der Waals surface area (Å²) in [5.41, 5.74) is 3.91. The number of aryl methyl sites for hydroxylation is 2. The molecule has 3 rings (SSSR count). The predicted octanol–water partition coefficient (Wildman–Crippen LogP) is 3.61. The number of nitrogens with one attached hydrogen (secondary N) is 1. The molecule has 1 aliphatic heterocycles. The Kier molecular flexibility index (Phi) is 4.16. The fourth-order valence-corrected chi connectivity index (χ4v) is 2.65. The summed E-state index contributed by atoms with van der Waals surface area (Å²) >= 11 is 0. The van der Waals surface area contributed by atoms with Gasteiger partial charge in [-0.1, -0.05) is 17.7 Å². The average molecular weight is 325 g/mol. The minimum atomic E-state index is -0.627. The van der Waals surface area contributed by atoms with Crippen molar-refractivity contribution >= 4 is 11.7 Å². The van der Waals surface area contributed by atoms with Crippen molar-refractivity contribution in [2.75, 3.05) is 12.4 Å². The molecule has 0 amide bonds. The van der Waals surface area contributed by atoms with Gasteiger partial charge < -0.3 is 19.9 Å². The largest absolute Gasteiger partial charge is 0.508 e. The van der Waals surface area contributed by atoms with Gasteiger partial charge in [0.05, 0.1) is 18.5 Å². The van der Waals surface area contributed by atoms with E-state index in [1.54, 1.807) is 6.07 Å². The number of benzene rings is 2. The summed E-state index contributed by atoms with van der Waals surface area (Å²) in [6, 6.07) is 11.0. The maximum Gasteiger partial charge on any atom is 0.332 e. The fraction of sp³-hybridized carbons (Fsp3) is 0.211. The third kappa shape index (κ3) is 3.06. The first-order chi connectivity index (χ1) is 11.5. The van der Waals surface area contributed by atoms with E-state index < -0.39 is 12.1 Å². The summed E-state index contributed by atoms with van der Waals surface area (Å²) < 4.78 is 10.8. The molecule has 0 saturated carbocycles. The number of rotatable bonds is 2. The quantitative estimate of drug-likeness (QED) is 0.652. The first-order valence-corrected chi connectivity index (χ1v) is 7.61. The van der Waals surface area contributed by atoms with Crippen molar-refractivity contribution in [3.63, 3.8) is 0 Å². The second kappa shape index (κ2) is 6.28. The molecule has 0 bridgehead atoms. The number of hydrogen-bond acceptors (Lipinski definition) is 5. The van der Waals surface area contributed by atoms with Gasteiger partial charge in [-0.05, 0) is 43.7 Å². The van der Waals surface area contributed by atoms with Crippen LogP contribution in [-0.2, 0) is 9.53 Å². The van der Waals surface area contributed by atoms with Crippen LogP contribution in [0.4, 0.5) is 5.69 Å². The highest BCUT2D eigenvalue weighted by molar-refractivity contribution is 5.84. The van der Waals surface area contributed by atoms with Gasteiger partial charge in [0.1, 0.15) is 11.5 Å². The number of hydrogen-bond donors (Lipinski definition) is 2. The standard InChI is InChI=1S/C19H19NO4/c1-11-5-7-16(21)13(8-11)19-15(10-18(22)23-3)20-14-6-4-12(2)9-17(14)24-19/h4-10,19-21H,1-3H3/b15-10-. The minimum absolute atomic E-state index is 0.110. The van der Waals surface area contributed by atoms with Gasteiger partial charge in [0.2, 0.25) is 0 Å². The predicted molar refractivity (Wildman–Crippen MR) is 91.1 cm³/mol. The topological polar surface area (TPSA) is 67.8 Å². The van der Waals surface area contributed by atoms with Crippen LogP contribution in [0.1, 0.15) is 22.8 Å². The number of fused-ring (bicyclic) bond motifs is 1. The summed E-state index contributed by atoms with van der Waals surface area (Å²) in [7, 11) is 1.32. The SMILES string of the molecule is COC(=O)/C=C1\Nc2ccc(C)cc2OC1c1cc(C)ccc1O. The van der Waals surface area contributed by atoms with E-state index >= 15 is 0 Å². The summed E-state index contributed by atoms with van der Waals surface area (Å²) in [6.07, 6.45) is 0.716. The monoisotopic (exact) mass is 325 g/mol. The fourth-order valence-electron chi connectivity index (χ4n) is 2.65. The van der Waals surface area contributed by atoms with Crippen LogP contribution in [0.3, 0.4) is 0 Å². The van der Waals surface area contributed by atoms with Gasteiger partial charge in [0.15, 0.2) is 6.10 Å². The molecule has 0 saturated heterocycles. The van der Waals surface area contributed by atoms with Crippen LogP contribution in [0.25, 0.3) is 0 Å². The van der Waals surface area contributed by atoms with Crippen LogP contribution >= 0.6 is 0 Å². The molecule has 1 atom stereocenters. The highest BCUT2D eigenvalue weighted by atomic mass is 16.5. The molecule has 5 heteroatoms. The zero-order valence-corrected chi connectivity index (χ0v) is 13.8. The lowest BCUT2D eigenvalue weighted by Crippen LogP contribution is -2.23. The third-order valence-electron chi connectivity index (χ3n) is 3.88. The van der Waals surface area contributed by atoms with Crippen molar-refractivity contribution in [2.24, 2.45) is 0 Å². The van der Waals surface area contributed by atoms with E-state index in [4.69, 9.17) is 9.47 Å². The number of carbonyl (C=O) groups is 1. The van der Waals surface area contributed by atoms with Crippen LogP contribution in [-0.4, -0.2) is 18.2 Å². The van der Waals surface area contributed by atoms with Gasteiger partial charge in [-0.2, -0.15) is 0 Å². The molecule has 0 aromatic heterocycles. The summed E-state index contributed by atoms with van der Waals surface area (Å²) in [4.78, 5) is 11.7. The molecular weight excluding hydrogens is 306 g/mol. The average Bonchev–Trinajstić information content (AvgIpc) is 2.56. The number of carbonyl (C=O) groups excluding carboxylic acids is 1. The Balaban J connectivity index is 2.11. The first-order valence-electron chi connectivity index (χ1n) is 7.61. The van der Waals surface area contributed by atoms with Crippen molar-refractivity contribution in [2.45, 2.75) is 20.0 Å². The number of aromatic hydroxyl groups is 1. The van der Waals surface area contributed by atoms with Gasteiger partial charge in [-0.15, -0.1) is 0 Å². The van der Waals surface area contributed by atoms with E-state index in [1.807, 2.05) is 44.2 Å². The zero-order chi connectivity index (χ0) is 17.3. The van der Waals surface area contributed by atoms with Crippen molar-refractivity contribution in [1.82, 2.24) is 0 Å². The van der Waals surface area contributed by atoms with E-state index in [2.05, 4.69) is 5.32 Å². The van der Waals surface area contributed by atoms with E-state index in [1.165, 1.54) is 13.2 Å². The Morgan fingerprint density at radius 2 is 1.92 bits per heavy atom. The summed E-state index contributed by atoms with van der Waals surface area (Å²) in [6.45, 7) is 3.91. The number of ether oxygens (including phenoxy) is 2. The maximum absolute atomic E-state index is 11.7. The minimum Gasteiger partial charge on any atom is -0.508 e. The van der Waals surface area contributed by atoms with Gasteiger partial charge in [-0.25, -0.2) is 4.79 Å². The van der Waals surface area contributed by atoms with E-state index in [-0.39, 0.29) is 5.75 Å². The zero-order valence-electron chi connectivity index (χ0n) is 13.8. The molecule has 1 unspecified atom stereocenters. The molecule has 1 aliphatic rings. The lowest BCUT2D eigenvalue weighted by molar-refractivity contribution is -0.134. The van der Waals surface area contributed by atoms with Crippen molar-refractivity contribution < 1.29 is 19.4 Å². The van der Waals surface area contributed by atoms with Crippen LogP contribution in [0.2, 0.25) is 0 Å². The molecule has 2 aromatic rings. The maximum atomic E-state index is 11.7. The smallest absolute Gasteiger partial charge is 0.332 e. The first kappa shape index (κ1) is 15.9. The number of methoxy groups -OCH3 is 1. The second-order valence-electron chi connectivity index (χ2n) is 5.81. The molecule has 124 valence electrons. The molecule has 2 N–H and O–H groups in total. The molecule has 0 aliphatic carbocycles. The summed E-state index contributed by atoms with van der Waals surface area (Å²) in [5, 5.41) is 13.5. The molecule has 24 heavy (non-hydrogen) atoms. The number of phenols is 1. The van der Waals surface area contributed by atoms with E-state index in [0.29, 0.717) is 17.0 Å². The Labute approximate surface area is 140 Å². The molecule has 5 nitrogen and oxygen atoms in total. The number of phenolic OH excluding ortho intramolecular Hbond substituents is 1. The van der Waals surface area contributed by atoms with E-state index in [0.717, 1.165) is 16.8 Å². The molecule has 1 heterocycles. The van der Waals surface area contributed by atoms with Crippen molar-refractivity contribution in [1.29, 1.82) is 0 Å². The van der Waals surface area contributed by atoms with Crippen molar-refractivity contribution in [3.05, 3.63) is 64.9 Å². The van der Waals surface area contributed by atoms with Crippen LogP contribution in [0.5, 0.6) is 11.5 Å². The number of anilines is 1. The van der Waals surface area contributed by atoms with Crippen LogP contribution in [0, 0.1) is 13.8 Å². The highest BCUT2D eigenvalue weighted by Gasteiger charge is 2.29. The molecule has 2 aromatic carbocycles. The second-order valence-corrected chi connectivity index (χ2v) is 5.81. The summed E-state index contributed by atoms with van der Waals surface area (Å²) in [5.74, 6) is 0.288. The van der Waals surface area contributed by atoms with Crippen LogP contribution < -0.4 is 10.1 Å². The lowest BCUT2D eigenvalue weighted by atomic mass is 10.00. The Morgan fingerprint density at radius 1 is 1.21 bits per heavy atom. The Bertz CT molecular complexity index is 826. The molecule has 0 fully saturated rings. The third-order valence-corrected chi connectivity index (χ3v) is 3.88. The van der Waals surface area contributed by atoms with Gasteiger partial charge in [0.25, 0.3) is 0 Å². The normalized spacial score (nSPS) is 17.6. The van der Waals surface area contributed by atoms with Gasteiger partial charge in [0, 0.05) is 11.6 Å². The number of esters is 1. The molecular formula is C19H19NO4.